The summed E-state index contributed by atoms with van der Waals surface area (Å²) in [5.74, 6) is -5.59. The van der Waals surface area contributed by atoms with Crippen molar-refractivity contribution in [3.05, 3.63) is 5.82 Å². The van der Waals surface area contributed by atoms with Crippen molar-refractivity contribution in [2.24, 2.45) is 17.8 Å². The van der Waals surface area contributed by atoms with Crippen molar-refractivity contribution in [2.75, 3.05) is 0 Å². The van der Waals surface area contributed by atoms with Crippen molar-refractivity contribution < 1.29 is 43.8 Å². The molecule has 18 heteroatoms. The van der Waals surface area contributed by atoms with Gasteiger partial charge in [0.15, 0.2) is 5.82 Å². The second-order valence-electron chi connectivity index (χ2n) is 14.4. The summed E-state index contributed by atoms with van der Waals surface area (Å²) in [6, 6.07) is -5.04. The predicted octanol–water partition coefficient (Wildman–Crippen LogP) is 1.89. The Morgan fingerprint density at radius 3 is 1.92 bits per heavy atom. The van der Waals surface area contributed by atoms with Crippen LogP contribution in [0.4, 0.5) is 0 Å². The van der Waals surface area contributed by atoms with Crippen LogP contribution in [0.2, 0.25) is 0 Å². The average molecular weight is 750 g/mol. The second kappa shape index (κ2) is 23.1. The van der Waals surface area contributed by atoms with Gasteiger partial charge in [0, 0.05) is 12.8 Å². The lowest BCUT2D eigenvalue weighted by molar-refractivity contribution is -0.139. The number of carboxylic acids is 2. The smallest absolute Gasteiger partial charge is 0.303 e. The zero-order chi connectivity index (χ0) is 39.5. The summed E-state index contributed by atoms with van der Waals surface area (Å²) in [7, 11) is 0. The number of carboxylic acid groups (broad SMARTS) is 2. The third-order valence-electron chi connectivity index (χ3n) is 9.49. The van der Waals surface area contributed by atoms with E-state index in [-0.39, 0.29) is 30.6 Å². The van der Waals surface area contributed by atoms with E-state index < -0.39 is 90.9 Å². The lowest BCUT2D eigenvalue weighted by Gasteiger charge is -2.31. The van der Waals surface area contributed by atoms with Gasteiger partial charge in [0.2, 0.25) is 29.5 Å². The molecule has 1 aliphatic carbocycles. The normalized spacial score (nSPS) is 16.6. The van der Waals surface area contributed by atoms with Crippen LogP contribution in [0.15, 0.2) is 0 Å². The Labute approximate surface area is 310 Å². The molecule has 0 aliphatic heterocycles. The zero-order valence-electron chi connectivity index (χ0n) is 31.6. The van der Waals surface area contributed by atoms with E-state index in [9.17, 15) is 38.7 Å². The fourth-order valence-electron chi connectivity index (χ4n) is 6.35. The Morgan fingerprint density at radius 1 is 0.736 bits per heavy atom. The number of tetrazole rings is 1. The van der Waals surface area contributed by atoms with Gasteiger partial charge in [-0.2, -0.15) is 5.21 Å². The van der Waals surface area contributed by atoms with Crippen molar-refractivity contribution in [2.45, 2.75) is 155 Å². The van der Waals surface area contributed by atoms with Gasteiger partial charge in [-0.15, -0.1) is 10.2 Å². The monoisotopic (exact) mass is 749 g/mol. The summed E-state index contributed by atoms with van der Waals surface area (Å²) in [6.07, 6.45) is 5.68. The fraction of sp³-hybridized carbons (Fsp3) is 0.771. The van der Waals surface area contributed by atoms with Crippen LogP contribution in [-0.4, -0.2) is 96.5 Å². The Hall–Kier alpha value is -4.64. The summed E-state index contributed by atoms with van der Waals surface area (Å²) in [4.78, 5) is 89.8. The van der Waals surface area contributed by atoms with E-state index in [2.05, 4.69) is 47.2 Å². The van der Waals surface area contributed by atoms with E-state index in [4.69, 9.17) is 5.11 Å². The first-order valence-electron chi connectivity index (χ1n) is 18.8. The summed E-state index contributed by atoms with van der Waals surface area (Å²) in [6.45, 7) is 9.27. The number of nitrogens with zero attached hydrogens (tertiary/aromatic N) is 3. The Balaban J connectivity index is 2.30. The molecule has 1 aromatic rings. The van der Waals surface area contributed by atoms with E-state index in [1.807, 2.05) is 27.7 Å². The molecular weight excluding hydrogens is 690 g/mol. The highest BCUT2D eigenvalue weighted by molar-refractivity contribution is 5.96. The molecule has 1 aliphatic rings. The number of rotatable bonds is 24. The maximum atomic E-state index is 14.1. The molecule has 6 atom stereocenters. The largest absolute Gasteiger partial charge is 0.481 e. The molecule has 0 radical (unpaired) electrons. The van der Waals surface area contributed by atoms with Gasteiger partial charge in [0.1, 0.15) is 24.2 Å². The minimum atomic E-state index is -1.36. The molecule has 1 fully saturated rings. The van der Waals surface area contributed by atoms with Crippen LogP contribution in [0.3, 0.4) is 0 Å². The van der Waals surface area contributed by atoms with Crippen molar-refractivity contribution in [1.82, 2.24) is 47.2 Å². The minimum absolute atomic E-state index is 0.108. The van der Waals surface area contributed by atoms with Gasteiger partial charge in [-0.05, 0) is 43.4 Å². The molecular formula is C35H59N9O9. The molecule has 1 saturated carbocycles. The van der Waals surface area contributed by atoms with Crippen LogP contribution < -0.4 is 26.6 Å². The van der Waals surface area contributed by atoms with Crippen molar-refractivity contribution in [3.63, 3.8) is 0 Å². The fourth-order valence-corrected chi connectivity index (χ4v) is 6.35. The molecule has 53 heavy (non-hydrogen) atoms. The van der Waals surface area contributed by atoms with Gasteiger partial charge in [-0.1, -0.05) is 84.8 Å². The number of H-pyrrole nitrogens is 1. The summed E-state index contributed by atoms with van der Waals surface area (Å²) < 4.78 is 0. The number of carbonyl (C=O) groups is 7. The van der Waals surface area contributed by atoms with Gasteiger partial charge in [-0.25, -0.2) is 0 Å². The predicted molar refractivity (Wildman–Crippen MR) is 192 cm³/mol. The van der Waals surface area contributed by atoms with Gasteiger partial charge >= 0.3 is 11.9 Å². The first-order valence-corrected chi connectivity index (χ1v) is 18.8. The third kappa shape index (κ3) is 16.3. The number of hydrogen-bond acceptors (Lipinski definition) is 10. The number of aromatic amines is 1. The Morgan fingerprint density at radius 2 is 1.36 bits per heavy atom. The molecule has 2 rings (SSSR count). The highest BCUT2D eigenvalue weighted by Gasteiger charge is 2.35. The number of aromatic nitrogens is 4. The molecule has 5 amide bonds. The molecule has 298 valence electrons. The van der Waals surface area contributed by atoms with Crippen LogP contribution >= 0.6 is 0 Å². The van der Waals surface area contributed by atoms with E-state index in [0.29, 0.717) is 25.1 Å². The summed E-state index contributed by atoms with van der Waals surface area (Å²) in [5.41, 5.74) is 0. The first kappa shape index (κ1) is 44.5. The van der Waals surface area contributed by atoms with Gasteiger partial charge in [0.25, 0.3) is 0 Å². The average Bonchev–Trinajstić information content (AvgIpc) is 3.65. The molecule has 8 N–H and O–H groups in total. The van der Waals surface area contributed by atoms with Gasteiger partial charge < -0.3 is 36.8 Å². The number of nitrogens with one attached hydrogen (secondary N) is 6. The minimum Gasteiger partial charge on any atom is -0.481 e. The SMILES string of the molecule is CCC[C@H](NC(=O)[C@H](CC1CCCCC1)NC(=O)[C@@H](NC(=O)[C@H](CC(C)C)NC(=O)[C@@H](CCC(=O)O)NC(=O)CCC(=O)O)[C@@H](C)CC)c1nn[nH]n1. The van der Waals surface area contributed by atoms with E-state index in [1.165, 1.54) is 0 Å². The lowest BCUT2D eigenvalue weighted by atomic mass is 9.84. The molecule has 0 spiro atoms. The van der Waals surface area contributed by atoms with E-state index in [1.54, 1.807) is 6.92 Å². The second-order valence-corrected chi connectivity index (χ2v) is 14.4. The van der Waals surface area contributed by atoms with Crippen LogP contribution in [0.25, 0.3) is 0 Å². The Kier molecular flexibility index (Phi) is 19.4. The van der Waals surface area contributed by atoms with Crippen molar-refractivity contribution in [3.8, 4) is 0 Å². The number of aliphatic carboxylic acids is 2. The van der Waals surface area contributed by atoms with Crippen molar-refractivity contribution >= 4 is 41.5 Å². The maximum absolute atomic E-state index is 14.1. The third-order valence-corrected chi connectivity index (χ3v) is 9.49. The molecule has 0 unspecified atom stereocenters. The quantitative estimate of drug-likeness (QED) is 0.0753. The highest BCUT2D eigenvalue weighted by atomic mass is 16.4. The molecule has 0 bridgehead atoms. The van der Waals surface area contributed by atoms with Crippen LogP contribution in [0, 0.1) is 17.8 Å². The maximum Gasteiger partial charge on any atom is 0.303 e. The summed E-state index contributed by atoms with van der Waals surface area (Å²) in [5, 5.41) is 45.9. The Bertz CT molecular complexity index is 1350. The molecule has 0 aromatic carbocycles. The van der Waals surface area contributed by atoms with E-state index in [0.717, 1.165) is 38.5 Å². The topological polar surface area (TPSA) is 275 Å². The van der Waals surface area contributed by atoms with Gasteiger partial charge in [0.05, 0.1) is 12.5 Å². The summed E-state index contributed by atoms with van der Waals surface area (Å²) >= 11 is 0. The van der Waals surface area contributed by atoms with Crippen LogP contribution in [0.5, 0.6) is 0 Å². The molecule has 18 nitrogen and oxygen atoms in total. The van der Waals surface area contributed by atoms with Crippen molar-refractivity contribution in [1.29, 1.82) is 0 Å². The highest BCUT2D eigenvalue weighted by Crippen LogP contribution is 2.28. The van der Waals surface area contributed by atoms with Crippen LogP contribution in [0.1, 0.15) is 136 Å². The standard InChI is InChI=1S/C35H59N9O9/c1-6-11-23(31-41-43-44-42-31)37-33(51)26(19-22-12-9-8-10-13-22)39-35(53)30(21(5)7-2)40-34(52)25(18-20(3)4)38-32(50)24(14-16-28(46)47)36-27(45)15-17-29(48)49/h20-26,30H,6-19H2,1-5H3,(H,36,45)(H,37,51)(H,38,50)(H,39,53)(H,40,52)(H,46,47)(H,48,49)(H,41,42,43,44)/t21-,23-,24+,25-,26-,30-/m0/s1. The molecule has 1 aromatic heterocycles. The molecule has 0 saturated heterocycles. The van der Waals surface area contributed by atoms with E-state index >= 15 is 0 Å². The number of carbonyl (C=O) groups excluding carboxylic acids is 5. The zero-order valence-corrected chi connectivity index (χ0v) is 31.6. The molecule has 1 heterocycles. The lowest BCUT2D eigenvalue weighted by Crippen LogP contribution is -2.60. The van der Waals surface area contributed by atoms with Crippen LogP contribution in [-0.2, 0) is 33.6 Å². The van der Waals surface area contributed by atoms with Gasteiger partial charge in [-0.3, -0.25) is 33.6 Å². The first-order chi connectivity index (χ1) is 25.1. The number of amides is 5. The number of hydrogen-bond donors (Lipinski definition) is 8.